The molecule has 0 aromatic rings. The summed E-state index contributed by atoms with van der Waals surface area (Å²) in [4.78, 5) is 24.9. The van der Waals surface area contributed by atoms with Crippen molar-refractivity contribution < 1.29 is 19.8 Å². The van der Waals surface area contributed by atoms with Gasteiger partial charge < -0.3 is 20.4 Å². The van der Waals surface area contributed by atoms with E-state index in [4.69, 9.17) is 0 Å². The van der Waals surface area contributed by atoms with Gasteiger partial charge in [-0.1, -0.05) is 0 Å². The number of aliphatic hydroxyl groups is 1. The van der Waals surface area contributed by atoms with E-state index in [-0.39, 0.29) is 17.6 Å². The molecule has 0 radical (unpaired) electrons. The zero-order valence-electron chi connectivity index (χ0n) is 11.9. The van der Waals surface area contributed by atoms with E-state index in [2.05, 4.69) is 5.32 Å². The fraction of sp³-hybridized carbons (Fsp3) is 0.714. The topological polar surface area (TPSA) is 89.9 Å². The van der Waals surface area contributed by atoms with Crippen molar-refractivity contribution in [3.8, 4) is 0 Å². The summed E-state index contributed by atoms with van der Waals surface area (Å²) in [5, 5.41) is 22.9. The molecule has 0 bridgehead atoms. The van der Waals surface area contributed by atoms with Crippen LogP contribution in [0.4, 0.5) is 0 Å². The maximum absolute atomic E-state index is 12.1. The fourth-order valence-corrected chi connectivity index (χ4v) is 4.69. The second-order valence-electron chi connectivity index (χ2n) is 5.93. The van der Waals surface area contributed by atoms with E-state index < -0.39 is 18.0 Å². The number of amides is 1. The standard InChI is InChI=1S/C14H20N2O4S/c1-7(17)11-10-4-8(6-21-9-2-3-15-5-9)12(14(19)20)16(10)13(11)18/h7,9-11,15,17H,2-6H2,1H3,(H,19,20)/t7?,9-,10+,11+/m0/s1. The molecule has 7 heteroatoms. The van der Waals surface area contributed by atoms with Crippen LogP contribution in [0.25, 0.3) is 0 Å². The van der Waals surface area contributed by atoms with Crippen molar-refractivity contribution in [1.82, 2.24) is 10.2 Å². The molecule has 3 rings (SSSR count). The van der Waals surface area contributed by atoms with Gasteiger partial charge in [-0.25, -0.2) is 4.79 Å². The number of aliphatic carboxylic acids is 1. The molecule has 0 aliphatic carbocycles. The van der Waals surface area contributed by atoms with Crippen LogP contribution in [-0.2, 0) is 9.59 Å². The third-order valence-corrected chi connectivity index (χ3v) is 5.92. The van der Waals surface area contributed by atoms with Gasteiger partial charge in [0.2, 0.25) is 5.91 Å². The molecule has 2 fully saturated rings. The lowest BCUT2D eigenvalue weighted by Crippen LogP contribution is -2.61. The number of nitrogens with zero attached hydrogens (tertiary/aromatic N) is 1. The molecule has 21 heavy (non-hydrogen) atoms. The van der Waals surface area contributed by atoms with E-state index in [0.717, 1.165) is 25.1 Å². The number of hydrogen-bond donors (Lipinski definition) is 3. The first-order valence-electron chi connectivity index (χ1n) is 7.29. The summed E-state index contributed by atoms with van der Waals surface area (Å²) in [5.74, 6) is -1.08. The van der Waals surface area contributed by atoms with Crippen molar-refractivity contribution in [3.05, 3.63) is 11.3 Å². The van der Waals surface area contributed by atoms with Gasteiger partial charge in [-0.05, 0) is 31.9 Å². The van der Waals surface area contributed by atoms with Crippen LogP contribution in [0.5, 0.6) is 0 Å². The molecule has 0 aromatic carbocycles. The smallest absolute Gasteiger partial charge is 0.352 e. The van der Waals surface area contributed by atoms with Crippen LogP contribution in [0.3, 0.4) is 0 Å². The van der Waals surface area contributed by atoms with Crippen LogP contribution in [0.1, 0.15) is 19.8 Å². The van der Waals surface area contributed by atoms with Gasteiger partial charge in [-0.3, -0.25) is 4.79 Å². The molecule has 2 saturated heterocycles. The first-order chi connectivity index (χ1) is 10.0. The van der Waals surface area contributed by atoms with Crippen LogP contribution in [0, 0.1) is 5.92 Å². The number of carbonyl (C=O) groups is 2. The van der Waals surface area contributed by atoms with Crippen molar-refractivity contribution in [1.29, 1.82) is 0 Å². The summed E-state index contributed by atoms with van der Waals surface area (Å²) in [7, 11) is 0. The van der Waals surface area contributed by atoms with Crippen molar-refractivity contribution in [2.24, 2.45) is 5.92 Å². The molecule has 0 spiro atoms. The van der Waals surface area contributed by atoms with Crippen molar-refractivity contribution in [3.63, 3.8) is 0 Å². The van der Waals surface area contributed by atoms with E-state index >= 15 is 0 Å². The second kappa shape index (κ2) is 5.62. The molecular formula is C14H20N2O4S. The summed E-state index contributed by atoms with van der Waals surface area (Å²) in [6.45, 7) is 3.57. The van der Waals surface area contributed by atoms with Crippen LogP contribution >= 0.6 is 11.8 Å². The van der Waals surface area contributed by atoms with Crippen molar-refractivity contribution >= 4 is 23.6 Å². The highest BCUT2D eigenvalue weighted by Crippen LogP contribution is 2.44. The third kappa shape index (κ3) is 2.47. The lowest BCUT2D eigenvalue weighted by atomic mass is 9.83. The molecule has 3 heterocycles. The Kier molecular flexibility index (Phi) is 3.98. The minimum Gasteiger partial charge on any atom is -0.477 e. The minimum absolute atomic E-state index is 0.153. The van der Waals surface area contributed by atoms with Crippen LogP contribution in [0.2, 0.25) is 0 Å². The summed E-state index contributed by atoms with van der Waals surface area (Å²) < 4.78 is 0. The van der Waals surface area contributed by atoms with Crippen molar-refractivity contribution in [2.45, 2.75) is 37.2 Å². The Morgan fingerprint density at radius 1 is 1.57 bits per heavy atom. The Hall–Kier alpha value is -1.05. The highest BCUT2D eigenvalue weighted by molar-refractivity contribution is 8.00. The van der Waals surface area contributed by atoms with Gasteiger partial charge in [0.15, 0.2) is 0 Å². The number of hydrogen-bond acceptors (Lipinski definition) is 5. The zero-order chi connectivity index (χ0) is 15.1. The summed E-state index contributed by atoms with van der Waals surface area (Å²) in [6.07, 6.45) is 0.957. The molecule has 6 nitrogen and oxygen atoms in total. The van der Waals surface area contributed by atoms with Gasteiger partial charge in [-0.15, -0.1) is 0 Å². The van der Waals surface area contributed by atoms with E-state index in [1.165, 1.54) is 4.90 Å². The van der Waals surface area contributed by atoms with E-state index in [1.807, 2.05) is 0 Å². The molecule has 3 N–H and O–H groups in total. The number of β-lactam (4-membered cyclic amide) rings is 1. The Morgan fingerprint density at radius 2 is 2.33 bits per heavy atom. The molecule has 1 amide bonds. The second-order valence-corrected chi connectivity index (χ2v) is 7.22. The Balaban J connectivity index is 1.72. The van der Waals surface area contributed by atoms with Gasteiger partial charge in [0, 0.05) is 17.5 Å². The maximum atomic E-state index is 12.1. The largest absolute Gasteiger partial charge is 0.477 e. The van der Waals surface area contributed by atoms with E-state index in [9.17, 15) is 19.8 Å². The average Bonchev–Trinajstić information content (AvgIpc) is 3.01. The monoisotopic (exact) mass is 312 g/mol. The van der Waals surface area contributed by atoms with Crippen LogP contribution in [0.15, 0.2) is 11.3 Å². The normalized spacial score (nSPS) is 33.1. The van der Waals surface area contributed by atoms with Gasteiger partial charge in [0.05, 0.1) is 18.1 Å². The molecule has 4 atom stereocenters. The molecule has 0 saturated carbocycles. The Bertz CT molecular complexity index is 499. The van der Waals surface area contributed by atoms with Gasteiger partial charge in [-0.2, -0.15) is 11.8 Å². The number of carboxylic acids is 1. The van der Waals surface area contributed by atoms with Gasteiger partial charge >= 0.3 is 5.97 Å². The van der Waals surface area contributed by atoms with Crippen LogP contribution in [-0.4, -0.2) is 63.2 Å². The summed E-state index contributed by atoms with van der Waals surface area (Å²) in [5.41, 5.74) is 0.987. The fourth-order valence-electron chi connectivity index (χ4n) is 3.48. The highest BCUT2D eigenvalue weighted by Gasteiger charge is 2.56. The Morgan fingerprint density at radius 3 is 2.90 bits per heavy atom. The first kappa shape index (κ1) is 14.9. The third-order valence-electron chi connectivity index (χ3n) is 4.53. The molecular weight excluding hydrogens is 292 g/mol. The molecule has 1 unspecified atom stereocenters. The average molecular weight is 312 g/mol. The van der Waals surface area contributed by atoms with E-state index in [1.54, 1.807) is 18.7 Å². The van der Waals surface area contributed by atoms with Gasteiger partial charge in [0.1, 0.15) is 5.70 Å². The number of carbonyl (C=O) groups excluding carboxylic acids is 1. The molecule has 116 valence electrons. The minimum atomic E-state index is -1.03. The van der Waals surface area contributed by atoms with Gasteiger partial charge in [0.25, 0.3) is 0 Å². The molecule has 3 aliphatic rings. The lowest BCUT2D eigenvalue weighted by molar-refractivity contribution is -0.161. The van der Waals surface area contributed by atoms with E-state index in [0.29, 0.717) is 17.4 Å². The predicted octanol–water partition coefficient (Wildman–Crippen LogP) is 0.0317. The van der Waals surface area contributed by atoms with Crippen molar-refractivity contribution in [2.75, 3.05) is 18.8 Å². The summed E-state index contributed by atoms with van der Waals surface area (Å²) >= 11 is 1.76. The SMILES string of the molecule is CC(O)[C@H]1C(=O)N2C(C(=O)O)=C(CS[C@H]3CCNC3)C[C@H]12. The number of rotatable bonds is 5. The number of fused-ring (bicyclic) bond motifs is 1. The lowest BCUT2D eigenvalue weighted by Gasteiger charge is -2.44. The number of aliphatic hydroxyl groups excluding tert-OH is 1. The zero-order valence-corrected chi connectivity index (χ0v) is 12.7. The molecule has 0 aromatic heterocycles. The quantitative estimate of drug-likeness (QED) is 0.621. The number of carboxylic acid groups (broad SMARTS) is 1. The maximum Gasteiger partial charge on any atom is 0.352 e. The number of thioether (sulfide) groups is 1. The highest BCUT2D eigenvalue weighted by atomic mass is 32.2. The first-order valence-corrected chi connectivity index (χ1v) is 8.34. The Labute approximate surface area is 127 Å². The van der Waals surface area contributed by atoms with Crippen LogP contribution < -0.4 is 5.32 Å². The molecule has 3 aliphatic heterocycles. The summed E-state index contributed by atoms with van der Waals surface area (Å²) in [6, 6.07) is -0.166. The number of nitrogens with one attached hydrogen (secondary N) is 1. The predicted molar refractivity (Wildman–Crippen MR) is 78.8 cm³/mol.